The van der Waals surface area contributed by atoms with Gasteiger partial charge in [0, 0.05) is 14.1 Å². The van der Waals surface area contributed by atoms with Gasteiger partial charge in [-0.2, -0.15) is 5.26 Å². The van der Waals surface area contributed by atoms with Gasteiger partial charge in [-0.05, 0) is 11.6 Å². The fraction of sp³-hybridized carbons (Fsp3) is 0.188. The molecule has 0 radical (unpaired) electrons. The Hall–Kier alpha value is -2.69. The lowest BCUT2D eigenvalue weighted by molar-refractivity contribution is 0.348. The van der Waals surface area contributed by atoms with E-state index in [1.807, 2.05) is 6.07 Å². The van der Waals surface area contributed by atoms with Gasteiger partial charge in [0.2, 0.25) is 11.8 Å². The van der Waals surface area contributed by atoms with Gasteiger partial charge >= 0.3 is 5.69 Å². The number of nitrogens with zero attached hydrogens (tertiary/aromatic N) is 3. The molecule has 1 aromatic heterocycles. The summed E-state index contributed by atoms with van der Waals surface area (Å²) < 4.78 is 7.50. The summed E-state index contributed by atoms with van der Waals surface area (Å²) in [6.07, 6.45) is 0. The first-order valence-electron chi connectivity index (χ1n) is 7.11. The first-order valence-corrected chi connectivity index (χ1v) is 7.86. The number of ether oxygens (including phenoxy) is 1. The summed E-state index contributed by atoms with van der Waals surface area (Å²) in [4.78, 5) is 24.9. The molecule has 0 fully saturated rings. The van der Waals surface area contributed by atoms with Crippen LogP contribution in [-0.4, -0.2) is 9.13 Å². The van der Waals surface area contributed by atoms with Crippen molar-refractivity contribution in [2.75, 3.05) is 0 Å². The Bertz CT molecular complexity index is 1090. The predicted molar refractivity (Wildman–Crippen MR) is 92.7 cm³/mol. The van der Waals surface area contributed by atoms with Crippen molar-refractivity contribution < 1.29 is 4.74 Å². The Kier molecular flexibility index (Phi) is 4.11. The zero-order valence-electron chi connectivity index (χ0n) is 13.2. The number of hydrogen-bond donors (Lipinski definition) is 1. The molecule has 0 aliphatic carbocycles. The lowest BCUT2D eigenvalue weighted by Crippen LogP contribution is -2.42. The molecule has 2 aromatic rings. The van der Waals surface area contributed by atoms with Gasteiger partial charge < -0.3 is 10.5 Å². The topological polar surface area (TPSA) is 103 Å². The van der Waals surface area contributed by atoms with E-state index in [-0.39, 0.29) is 32.9 Å². The van der Waals surface area contributed by atoms with Crippen molar-refractivity contribution in [2.45, 2.75) is 5.92 Å². The lowest BCUT2D eigenvalue weighted by atomic mass is 9.85. The smallest absolute Gasteiger partial charge is 0.333 e. The number of benzene rings is 1. The molecule has 128 valence electrons. The highest BCUT2D eigenvalue weighted by molar-refractivity contribution is 6.42. The minimum atomic E-state index is -0.898. The number of allylic oxidation sites excluding steroid dienone is 1. The van der Waals surface area contributed by atoms with Gasteiger partial charge in [0.25, 0.3) is 5.56 Å². The van der Waals surface area contributed by atoms with Crippen LogP contribution in [0.3, 0.4) is 0 Å². The highest BCUT2D eigenvalue weighted by Gasteiger charge is 2.37. The molecule has 0 saturated carbocycles. The minimum absolute atomic E-state index is 0.0208. The molecule has 1 atom stereocenters. The van der Waals surface area contributed by atoms with Gasteiger partial charge in [-0.25, -0.2) is 4.79 Å². The molecule has 2 heterocycles. The second-order valence-electron chi connectivity index (χ2n) is 5.49. The van der Waals surface area contributed by atoms with Crippen LogP contribution in [0, 0.1) is 11.3 Å². The normalized spacial score (nSPS) is 16.2. The van der Waals surface area contributed by atoms with Gasteiger partial charge in [-0.15, -0.1) is 0 Å². The van der Waals surface area contributed by atoms with Crippen molar-refractivity contribution in [2.24, 2.45) is 19.8 Å². The number of aromatic nitrogens is 2. The van der Waals surface area contributed by atoms with E-state index in [0.717, 1.165) is 9.13 Å². The fourth-order valence-electron chi connectivity index (χ4n) is 2.84. The Morgan fingerprint density at radius 3 is 2.56 bits per heavy atom. The van der Waals surface area contributed by atoms with Crippen LogP contribution in [-0.2, 0) is 14.1 Å². The maximum Gasteiger partial charge on any atom is 0.333 e. The average Bonchev–Trinajstić information content (AvgIpc) is 2.59. The molecule has 25 heavy (non-hydrogen) atoms. The molecule has 0 bridgehead atoms. The van der Waals surface area contributed by atoms with E-state index in [2.05, 4.69) is 0 Å². The maximum absolute atomic E-state index is 12.8. The van der Waals surface area contributed by atoms with Crippen molar-refractivity contribution in [1.82, 2.24) is 9.13 Å². The van der Waals surface area contributed by atoms with Crippen LogP contribution >= 0.6 is 23.2 Å². The molecular formula is C16H12Cl2N4O3. The SMILES string of the molecule is Cn1c2c(c(=O)n(C)c1=O)C(c1cccc(Cl)c1Cl)C(C#N)=C(N)O2. The summed E-state index contributed by atoms with van der Waals surface area (Å²) in [6.45, 7) is 0. The van der Waals surface area contributed by atoms with Gasteiger partial charge in [-0.3, -0.25) is 13.9 Å². The van der Waals surface area contributed by atoms with Gasteiger partial charge in [0.15, 0.2) is 0 Å². The number of halogens is 2. The monoisotopic (exact) mass is 378 g/mol. The summed E-state index contributed by atoms with van der Waals surface area (Å²) in [5, 5.41) is 10.0. The lowest BCUT2D eigenvalue weighted by Gasteiger charge is -2.27. The second kappa shape index (κ2) is 5.99. The van der Waals surface area contributed by atoms with Crippen LogP contribution in [0.4, 0.5) is 0 Å². The number of fused-ring (bicyclic) bond motifs is 1. The van der Waals surface area contributed by atoms with E-state index in [1.54, 1.807) is 18.2 Å². The third-order valence-corrected chi connectivity index (χ3v) is 4.94. The van der Waals surface area contributed by atoms with Crippen molar-refractivity contribution >= 4 is 23.2 Å². The summed E-state index contributed by atoms with van der Waals surface area (Å²) in [6, 6.07) is 6.84. The minimum Gasteiger partial charge on any atom is -0.423 e. The second-order valence-corrected chi connectivity index (χ2v) is 6.28. The molecule has 1 unspecified atom stereocenters. The summed E-state index contributed by atoms with van der Waals surface area (Å²) in [7, 11) is 2.79. The van der Waals surface area contributed by atoms with Crippen LogP contribution in [0.15, 0.2) is 39.2 Å². The predicted octanol–water partition coefficient (Wildman–Crippen LogP) is 1.61. The fourth-order valence-corrected chi connectivity index (χ4v) is 3.26. The van der Waals surface area contributed by atoms with Crippen LogP contribution in [0.2, 0.25) is 10.0 Å². The standard InChI is InChI=1S/C16H12Cl2N4O3/c1-21-14(23)11-10(7-4-3-5-9(17)12(7)18)8(6-19)13(20)25-15(11)22(2)16(21)24/h3-5,10H,20H2,1-2H3. The van der Waals surface area contributed by atoms with E-state index in [9.17, 15) is 14.9 Å². The van der Waals surface area contributed by atoms with Crippen molar-refractivity contribution in [3.63, 3.8) is 0 Å². The zero-order chi connectivity index (χ0) is 18.5. The largest absolute Gasteiger partial charge is 0.423 e. The van der Waals surface area contributed by atoms with Crippen LogP contribution < -0.4 is 21.7 Å². The Morgan fingerprint density at radius 1 is 1.24 bits per heavy atom. The molecule has 0 amide bonds. The van der Waals surface area contributed by atoms with E-state index in [0.29, 0.717) is 5.56 Å². The molecule has 9 heteroatoms. The molecular weight excluding hydrogens is 367 g/mol. The summed E-state index contributed by atoms with van der Waals surface area (Å²) in [5.74, 6) is -1.12. The molecule has 7 nitrogen and oxygen atoms in total. The zero-order valence-corrected chi connectivity index (χ0v) is 14.7. The van der Waals surface area contributed by atoms with E-state index in [1.165, 1.54) is 14.1 Å². The summed E-state index contributed by atoms with van der Waals surface area (Å²) in [5.41, 5.74) is 5.23. The highest BCUT2D eigenvalue weighted by atomic mass is 35.5. The van der Waals surface area contributed by atoms with Crippen molar-refractivity contribution in [1.29, 1.82) is 5.26 Å². The maximum atomic E-state index is 12.8. The molecule has 1 aliphatic heterocycles. The Morgan fingerprint density at radius 2 is 1.92 bits per heavy atom. The van der Waals surface area contributed by atoms with Gasteiger partial charge in [0.1, 0.15) is 11.6 Å². The van der Waals surface area contributed by atoms with Crippen molar-refractivity contribution in [3.05, 3.63) is 71.7 Å². The first kappa shape index (κ1) is 17.1. The number of nitriles is 1. The third-order valence-electron chi connectivity index (χ3n) is 4.11. The third kappa shape index (κ3) is 2.42. The molecule has 0 spiro atoms. The van der Waals surface area contributed by atoms with Crippen LogP contribution in [0.5, 0.6) is 5.88 Å². The molecule has 1 aliphatic rings. The van der Waals surface area contributed by atoms with Crippen LogP contribution in [0.1, 0.15) is 17.0 Å². The Balaban J connectivity index is 2.48. The quantitative estimate of drug-likeness (QED) is 0.811. The number of hydrogen-bond acceptors (Lipinski definition) is 5. The molecule has 3 rings (SSSR count). The van der Waals surface area contributed by atoms with Gasteiger partial charge in [-0.1, -0.05) is 35.3 Å². The van der Waals surface area contributed by atoms with Gasteiger partial charge in [0.05, 0.1) is 21.5 Å². The molecule has 2 N–H and O–H groups in total. The number of nitrogens with two attached hydrogens (primary N) is 1. The molecule has 0 saturated heterocycles. The van der Waals surface area contributed by atoms with Crippen molar-refractivity contribution in [3.8, 4) is 11.9 Å². The Labute approximate surface area is 152 Å². The first-order chi connectivity index (χ1) is 11.8. The van der Waals surface area contributed by atoms with E-state index in [4.69, 9.17) is 33.7 Å². The highest BCUT2D eigenvalue weighted by Crippen LogP contribution is 2.43. The molecule has 1 aromatic carbocycles. The summed E-state index contributed by atoms with van der Waals surface area (Å²) >= 11 is 12.4. The average molecular weight is 379 g/mol. The van der Waals surface area contributed by atoms with Crippen LogP contribution in [0.25, 0.3) is 0 Å². The van der Waals surface area contributed by atoms with E-state index >= 15 is 0 Å². The number of rotatable bonds is 1. The van der Waals surface area contributed by atoms with E-state index < -0.39 is 17.2 Å².